The maximum Gasteiger partial charge on any atom is 0.422 e. The van der Waals surface area contributed by atoms with Crippen molar-refractivity contribution in [3.63, 3.8) is 0 Å². The number of carbonyl (C=O) groups is 1. The lowest BCUT2D eigenvalue weighted by Crippen LogP contribution is -2.43. The minimum absolute atomic E-state index is 0.219. The zero-order valence-corrected chi connectivity index (χ0v) is 18.9. The van der Waals surface area contributed by atoms with Crippen LogP contribution in [-0.2, 0) is 20.1 Å². The van der Waals surface area contributed by atoms with Crippen molar-refractivity contribution in [2.45, 2.75) is 30.7 Å². The molecule has 6 nitrogen and oxygen atoms in total. The summed E-state index contributed by atoms with van der Waals surface area (Å²) in [4.78, 5) is 10.3. The van der Waals surface area contributed by atoms with Crippen LogP contribution in [0.5, 0.6) is 0 Å². The summed E-state index contributed by atoms with van der Waals surface area (Å²) in [6.07, 6.45) is -6.47. The van der Waals surface area contributed by atoms with Gasteiger partial charge in [-0.2, -0.15) is 13.2 Å². The number of thiophene rings is 1. The average Bonchev–Trinajstić information content (AvgIpc) is 3.13. The van der Waals surface area contributed by atoms with Gasteiger partial charge in [-0.15, -0.1) is 11.3 Å². The normalized spacial score (nSPS) is 17.0. The Bertz CT molecular complexity index is 1060. The topological polar surface area (TPSA) is 124 Å². The molecule has 0 saturated heterocycles. The van der Waals surface area contributed by atoms with Crippen LogP contribution in [0.15, 0.2) is 29.6 Å². The van der Waals surface area contributed by atoms with E-state index in [0.29, 0.717) is 27.5 Å². The quantitative estimate of drug-likeness (QED) is 0.382. The maximum atomic E-state index is 13.8. The van der Waals surface area contributed by atoms with Crippen LogP contribution in [0, 0.1) is 4.78 Å². The molecule has 0 bridgehead atoms. The van der Waals surface area contributed by atoms with Gasteiger partial charge >= 0.3 is 12.1 Å². The first kappa shape index (κ1) is 25.9. The molecule has 0 aliphatic heterocycles. The fraction of sp³-hybridized carbons (Fsp3) is 0.389. The molecule has 13 heteroatoms. The van der Waals surface area contributed by atoms with Gasteiger partial charge in [-0.05, 0) is 35.6 Å². The van der Waals surface area contributed by atoms with Crippen molar-refractivity contribution in [2.75, 3.05) is 11.5 Å². The van der Waals surface area contributed by atoms with Gasteiger partial charge in [0, 0.05) is 48.1 Å². The molecule has 2 rings (SSSR count). The standard InChI is InChI=1S/C18H19Cl2F3N2O4S2/c19-11-1-2-12(13(20)8-11)10-7-15(30-9-10)17(28,18(21,22)23)4-6-31(25,29)5-3-14(24)16(26)27/h1-2,7-9,14,25,28H,3-6,24H2,(H,26,27)/t14-,17?,31?/m0/s1. The first-order chi connectivity index (χ1) is 14.2. The fourth-order valence-electron chi connectivity index (χ4n) is 2.68. The number of aliphatic carboxylic acids is 1. The molecule has 0 amide bonds. The number of aliphatic hydroxyl groups is 1. The summed E-state index contributed by atoms with van der Waals surface area (Å²) in [6, 6.07) is 4.25. The third kappa shape index (κ3) is 6.33. The Balaban J connectivity index is 2.27. The van der Waals surface area contributed by atoms with Crippen molar-refractivity contribution in [1.82, 2.24) is 0 Å². The first-order valence-electron chi connectivity index (χ1n) is 8.72. The Hall–Kier alpha value is -1.37. The Labute approximate surface area is 190 Å². The summed E-state index contributed by atoms with van der Waals surface area (Å²) in [6.45, 7) is 0. The van der Waals surface area contributed by atoms with Gasteiger partial charge in [-0.25, -0.2) is 4.21 Å². The lowest BCUT2D eigenvalue weighted by Gasteiger charge is -2.30. The highest BCUT2D eigenvalue weighted by Crippen LogP contribution is 2.46. The van der Waals surface area contributed by atoms with Crippen LogP contribution in [0.4, 0.5) is 13.2 Å². The Morgan fingerprint density at radius 3 is 2.45 bits per heavy atom. The predicted molar refractivity (Wildman–Crippen MR) is 115 cm³/mol. The Morgan fingerprint density at radius 1 is 1.26 bits per heavy atom. The van der Waals surface area contributed by atoms with Gasteiger partial charge in [0.1, 0.15) is 6.04 Å². The van der Waals surface area contributed by atoms with Crippen LogP contribution in [0.3, 0.4) is 0 Å². The highest BCUT2D eigenvalue weighted by atomic mass is 35.5. The number of halogens is 5. The fourth-order valence-corrected chi connectivity index (χ4v) is 5.72. The van der Waals surface area contributed by atoms with Crippen LogP contribution in [0.1, 0.15) is 17.7 Å². The summed E-state index contributed by atoms with van der Waals surface area (Å²) >= 11 is 12.6. The molecule has 0 spiro atoms. The predicted octanol–water partition coefficient (Wildman–Crippen LogP) is 4.71. The van der Waals surface area contributed by atoms with Crippen molar-refractivity contribution in [2.24, 2.45) is 5.73 Å². The molecule has 1 aromatic heterocycles. The summed E-state index contributed by atoms with van der Waals surface area (Å²) in [5.41, 5.74) is 2.71. The molecule has 1 heterocycles. The average molecular weight is 519 g/mol. The maximum absolute atomic E-state index is 13.8. The zero-order chi connectivity index (χ0) is 23.6. The van der Waals surface area contributed by atoms with E-state index in [0.717, 1.165) is 6.07 Å². The number of benzene rings is 1. The molecule has 0 aliphatic rings. The number of carboxylic acid groups (broad SMARTS) is 1. The van der Waals surface area contributed by atoms with Crippen molar-refractivity contribution in [3.8, 4) is 11.1 Å². The van der Waals surface area contributed by atoms with Crippen molar-refractivity contribution < 1.29 is 32.4 Å². The summed E-state index contributed by atoms with van der Waals surface area (Å²) in [5.74, 6) is -2.65. The molecule has 2 aromatic rings. The largest absolute Gasteiger partial charge is 0.480 e. The first-order valence-corrected chi connectivity index (χ1v) is 12.3. The molecule has 0 saturated carbocycles. The second-order valence-corrected chi connectivity index (χ2v) is 11.1. The molecular formula is C18H19Cl2F3N2O4S2. The molecule has 5 N–H and O–H groups in total. The molecule has 0 radical (unpaired) electrons. The number of hydrogen-bond acceptors (Lipinski definition) is 6. The van der Waals surface area contributed by atoms with Gasteiger partial charge < -0.3 is 15.9 Å². The van der Waals surface area contributed by atoms with E-state index in [4.69, 9.17) is 38.8 Å². The van der Waals surface area contributed by atoms with Crippen LogP contribution in [-0.4, -0.2) is 44.1 Å². The van der Waals surface area contributed by atoms with E-state index in [9.17, 15) is 27.3 Å². The van der Waals surface area contributed by atoms with E-state index in [1.807, 2.05) is 0 Å². The third-order valence-corrected chi connectivity index (χ3v) is 7.98. The number of alkyl halides is 3. The number of rotatable bonds is 9. The second kappa shape index (κ2) is 9.63. The van der Waals surface area contributed by atoms with Crippen molar-refractivity contribution in [3.05, 3.63) is 44.6 Å². The lowest BCUT2D eigenvalue weighted by molar-refractivity contribution is -0.266. The molecule has 1 aromatic carbocycles. The van der Waals surface area contributed by atoms with Gasteiger partial charge in [-0.3, -0.25) is 9.57 Å². The molecule has 172 valence electrons. The van der Waals surface area contributed by atoms with Gasteiger partial charge in [0.25, 0.3) is 0 Å². The minimum Gasteiger partial charge on any atom is -0.480 e. The van der Waals surface area contributed by atoms with Crippen LogP contribution in [0.2, 0.25) is 10.0 Å². The lowest BCUT2D eigenvalue weighted by atomic mass is 9.96. The van der Waals surface area contributed by atoms with E-state index in [-0.39, 0.29) is 11.4 Å². The van der Waals surface area contributed by atoms with Gasteiger partial charge in [-0.1, -0.05) is 29.3 Å². The van der Waals surface area contributed by atoms with Gasteiger partial charge in [0.2, 0.25) is 0 Å². The van der Waals surface area contributed by atoms with Gasteiger partial charge in [0.15, 0.2) is 5.60 Å². The molecular weight excluding hydrogens is 500 g/mol. The second-order valence-electron chi connectivity index (χ2n) is 6.89. The summed E-state index contributed by atoms with van der Waals surface area (Å²) < 4.78 is 61.5. The third-order valence-electron chi connectivity index (χ3n) is 4.59. The number of carboxylic acids is 1. The van der Waals surface area contributed by atoms with E-state index < -0.39 is 56.3 Å². The number of hydrogen-bond donors (Lipinski definition) is 4. The van der Waals surface area contributed by atoms with Crippen LogP contribution >= 0.6 is 34.5 Å². The van der Waals surface area contributed by atoms with Crippen molar-refractivity contribution >= 4 is 50.2 Å². The molecule has 0 aliphatic carbocycles. The summed E-state index contributed by atoms with van der Waals surface area (Å²) in [7, 11) is -3.60. The minimum atomic E-state index is -5.11. The smallest absolute Gasteiger partial charge is 0.422 e. The highest BCUT2D eigenvalue weighted by Gasteiger charge is 2.55. The van der Waals surface area contributed by atoms with E-state index in [1.165, 1.54) is 23.6 Å². The Morgan fingerprint density at radius 2 is 1.90 bits per heavy atom. The molecule has 0 fully saturated rings. The van der Waals surface area contributed by atoms with E-state index in [1.54, 1.807) is 0 Å². The van der Waals surface area contributed by atoms with Gasteiger partial charge in [0.05, 0.1) is 0 Å². The molecule has 31 heavy (non-hydrogen) atoms. The van der Waals surface area contributed by atoms with E-state index in [2.05, 4.69) is 0 Å². The monoisotopic (exact) mass is 518 g/mol. The number of nitrogens with two attached hydrogens (primary N) is 1. The number of nitrogens with one attached hydrogen (secondary N) is 1. The SMILES string of the molecule is N=S(=O)(CC[C@H](N)C(=O)O)CCC(O)(c1cc(-c2ccc(Cl)cc2Cl)cs1)C(F)(F)F. The zero-order valence-electron chi connectivity index (χ0n) is 15.8. The van der Waals surface area contributed by atoms with Crippen molar-refractivity contribution in [1.29, 1.82) is 4.78 Å². The van der Waals surface area contributed by atoms with E-state index >= 15 is 0 Å². The highest BCUT2D eigenvalue weighted by molar-refractivity contribution is 7.92. The van der Waals surface area contributed by atoms with Crippen LogP contribution in [0.25, 0.3) is 11.1 Å². The molecule has 3 atom stereocenters. The summed E-state index contributed by atoms with van der Waals surface area (Å²) in [5, 5.41) is 21.2. The Kier molecular flexibility index (Phi) is 8.05. The molecule has 2 unspecified atom stereocenters. The van der Waals surface area contributed by atoms with Crippen LogP contribution < -0.4 is 5.73 Å².